The van der Waals surface area contributed by atoms with E-state index in [9.17, 15) is 4.79 Å². The molecule has 1 aliphatic rings. The maximum atomic E-state index is 13.0. The van der Waals surface area contributed by atoms with Gasteiger partial charge in [0.15, 0.2) is 0 Å². The number of carbonyl (C=O) groups is 1. The largest absolute Gasteiger partial charge is 0.494 e. The molecule has 0 aromatic heterocycles. The molecule has 1 atom stereocenters. The third kappa shape index (κ3) is 3.16. The Hall–Kier alpha value is -2.29. The predicted molar refractivity (Wildman–Crippen MR) is 96.1 cm³/mol. The first-order chi connectivity index (χ1) is 11.7. The second kappa shape index (κ2) is 7.08. The van der Waals surface area contributed by atoms with E-state index in [4.69, 9.17) is 4.74 Å². The Morgan fingerprint density at radius 3 is 2.54 bits per heavy atom. The van der Waals surface area contributed by atoms with Gasteiger partial charge in [-0.3, -0.25) is 4.79 Å². The lowest BCUT2D eigenvalue weighted by atomic mass is 9.63. The van der Waals surface area contributed by atoms with E-state index in [0.717, 1.165) is 36.1 Å². The molecule has 1 N–H and O–H groups in total. The van der Waals surface area contributed by atoms with Gasteiger partial charge in [-0.05, 0) is 49.9 Å². The quantitative estimate of drug-likeness (QED) is 0.856. The predicted octanol–water partition coefficient (Wildman–Crippen LogP) is 4.38. The number of hydrogen-bond donors (Lipinski definition) is 1. The zero-order chi connectivity index (χ0) is 17.0. The Labute approximate surface area is 144 Å². The van der Waals surface area contributed by atoms with Crippen LogP contribution in [0.4, 0.5) is 0 Å². The van der Waals surface area contributed by atoms with Crippen molar-refractivity contribution in [3.8, 4) is 5.75 Å². The highest BCUT2D eigenvalue weighted by molar-refractivity contribution is 5.89. The van der Waals surface area contributed by atoms with E-state index in [1.165, 1.54) is 0 Å². The SMILES string of the molecule is CCOc1cccc([C@H](C)NC(=O)C2(c3ccccc3)CCC2)c1. The highest BCUT2D eigenvalue weighted by Crippen LogP contribution is 2.44. The summed E-state index contributed by atoms with van der Waals surface area (Å²) >= 11 is 0. The van der Waals surface area contributed by atoms with Crippen molar-refractivity contribution in [3.05, 3.63) is 65.7 Å². The summed E-state index contributed by atoms with van der Waals surface area (Å²) in [5.74, 6) is 0.978. The van der Waals surface area contributed by atoms with E-state index in [-0.39, 0.29) is 17.4 Å². The molecule has 0 spiro atoms. The summed E-state index contributed by atoms with van der Waals surface area (Å²) in [4.78, 5) is 13.0. The Balaban J connectivity index is 1.75. The topological polar surface area (TPSA) is 38.3 Å². The van der Waals surface area contributed by atoms with Gasteiger partial charge < -0.3 is 10.1 Å². The van der Waals surface area contributed by atoms with Crippen molar-refractivity contribution in [3.63, 3.8) is 0 Å². The average Bonchev–Trinajstić information content (AvgIpc) is 2.55. The normalized spacial score (nSPS) is 16.8. The van der Waals surface area contributed by atoms with Crippen LogP contribution >= 0.6 is 0 Å². The van der Waals surface area contributed by atoms with Gasteiger partial charge >= 0.3 is 0 Å². The van der Waals surface area contributed by atoms with Crippen molar-refractivity contribution in [2.24, 2.45) is 0 Å². The molecule has 0 saturated heterocycles. The van der Waals surface area contributed by atoms with E-state index < -0.39 is 0 Å². The molecule has 3 nitrogen and oxygen atoms in total. The van der Waals surface area contributed by atoms with Crippen molar-refractivity contribution in [1.82, 2.24) is 5.32 Å². The molecule has 2 aromatic carbocycles. The Bertz CT molecular complexity index is 692. The molecule has 1 saturated carbocycles. The number of ether oxygens (including phenoxy) is 1. The molecular formula is C21H25NO2. The summed E-state index contributed by atoms with van der Waals surface area (Å²) in [5, 5.41) is 3.21. The van der Waals surface area contributed by atoms with Crippen molar-refractivity contribution in [2.75, 3.05) is 6.61 Å². The van der Waals surface area contributed by atoms with Crippen molar-refractivity contribution >= 4 is 5.91 Å². The summed E-state index contributed by atoms with van der Waals surface area (Å²) in [6.45, 7) is 4.64. The Morgan fingerprint density at radius 1 is 1.17 bits per heavy atom. The smallest absolute Gasteiger partial charge is 0.231 e. The van der Waals surface area contributed by atoms with Crippen LogP contribution < -0.4 is 10.1 Å². The van der Waals surface area contributed by atoms with Crippen LogP contribution in [0.15, 0.2) is 54.6 Å². The maximum Gasteiger partial charge on any atom is 0.231 e. The lowest BCUT2D eigenvalue weighted by molar-refractivity contribution is -0.130. The fraction of sp³-hybridized carbons (Fsp3) is 0.381. The van der Waals surface area contributed by atoms with Crippen LogP contribution in [-0.4, -0.2) is 12.5 Å². The molecule has 0 unspecified atom stereocenters. The van der Waals surface area contributed by atoms with Crippen molar-refractivity contribution in [1.29, 1.82) is 0 Å². The second-order valence-electron chi connectivity index (χ2n) is 6.50. The van der Waals surface area contributed by atoms with Gasteiger partial charge in [-0.25, -0.2) is 0 Å². The molecule has 0 aliphatic heterocycles. The fourth-order valence-corrected chi connectivity index (χ4v) is 3.39. The standard InChI is InChI=1S/C21H25NO2/c1-3-24-19-12-7-9-17(15-19)16(2)22-20(23)21(13-8-14-21)18-10-5-4-6-11-18/h4-7,9-12,15-16H,3,8,13-14H2,1-2H3,(H,22,23)/t16-/m0/s1. The first kappa shape index (κ1) is 16.6. The molecular weight excluding hydrogens is 298 g/mol. The first-order valence-corrected chi connectivity index (χ1v) is 8.75. The molecule has 1 amide bonds. The average molecular weight is 323 g/mol. The zero-order valence-corrected chi connectivity index (χ0v) is 14.4. The lowest BCUT2D eigenvalue weighted by Gasteiger charge is -2.41. The molecule has 126 valence electrons. The van der Waals surface area contributed by atoms with Gasteiger partial charge in [0.05, 0.1) is 18.1 Å². The highest BCUT2D eigenvalue weighted by Gasteiger charge is 2.45. The van der Waals surface area contributed by atoms with Crippen LogP contribution in [0.2, 0.25) is 0 Å². The van der Waals surface area contributed by atoms with Crippen LogP contribution in [0.1, 0.15) is 50.3 Å². The fourth-order valence-electron chi connectivity index (χ4n) is 3.39. The number of nitrogens with one attached hydrogen (secondary N) is 1. The van der Waals surface area contributed by atoms with E-state index >= 15 is 0 Å². The van der Waals surface area contributed by atoms with Gasteiger partial charge in [0.1, 0.15) is 5.75 Å². The third-order valence-electron chi connectivity index (χ3n) is 4.98. The number of rotatable bonds is 6. The van der Waals surface area contributed by atoms with Crippen LogP contribution in [0.5, 0.6) is 5.75 Å². The molecule has 3 rings (SSSR count). The molecule has 24 heavy (non-hydrogen) atoms. The minimum Gasteiger partial charge on any atom is -0.494 e. The van der Waals surface area contributed by atoms with E-state index in [1.807, 2.05) is 56.3 Å². The monoisotopic (exact) mass is 323 g/mol. The van der Waals surface area contributed by atoms with Crippen LogP contribution in [0, 0.1) is 0 Å². The minimum atomic E-state index is -0.354. The van der Waals surface area contributed by atoms with E-state index in [0.29, 0.717) is 6.61 Å². The molecule has 3 heteroatoms. The number of amides is 1. The van der Waals surface area contributed by atoms with E-state index in [1.54, 1.807) is 0 Å². The summed E-state index contributed by atoms with van der Waals surface area (Å²) in [6, 6.07) is 18.1. The number of carbonyl (C=O) groups excluding carboxylic acids is 1. The Morgan fingerprint density at radius 2 is 1.92 bits per heavy atom. The van der Waals surface area contributed by atoms with Gasteiger partial charge in [-0.2, -0.15) is 0 Å². The van der Waals surface area contributed by atoms with Crippen molar-refractivity contribution < 1.29 is 9.53 Å². The van der Waals surface area contributed by atoms with Gasteiger partial charge in [0.25, 0.3) is 0 Å². The second-order valence-corrected chi connectivity index (χ2v) is 6.50. The molecule has 1 aliphatic carbocycles. The van der Waals surface area contributed by atoms with Gasteiger partial charge in [0, 0.05) is 0 Å². The number of benzene rings is 2. The third-order valence-corrected chi connectivity index (χ3v) is 4.98. The molecule has 0 heterocycles. The van der Waals surface area contributed by atoms with Crippen LogP contribution in [0.3, 0.4) is 0 Å². The van der Waals surface area contributed by atoms with Crippen LogP contribution in [-0.2, 0) is 10.2 Å². The molecule has 2 aromatic rings. The first-order valence-electron chi connectivity index (χ1n) is 8.75. The molecule has 0 radical (unpaired) electrons. The number of hydrogen-bond acceptors (Lipinski definition) is 2. The molecule has 1 fully saturated rings. The minimum absolute atomic E-state index is 0.0425. The van der Waals surface area contributed by atoms with Crippen molar-refractivity contribution in [2.45, 2.75) is 44.6 Å². The molecule has 0 bridgehead atoms. The van der Waals surface area contributed by atoms with Gasteiger partial charge in [-0.1, -0.05) is 48.9 Å². The van der Waals surface area contributed by atoms with E-state index in [2.05, 4.69) is 17.4 Å². The zero-order valence-electron chi connectivity index (χ0n) is 14.4. The summed E-state index contributed by atoms with van der Waals surface area (Å²) in [6.07, 6.45) is 2.96. The van der Waals surface area contributed by atoms with Gasteiger partial charge in [-0.15, -0.1) is 0 Å². The van der Waals surface area contributed by atoms with Crippen LogP contribution in [0.25, 0.3) is 0 Å². The summed E-state index contributed by atoms with van der Waals surface area (Å²) in [5.41, 5.74) is 1.84. The maximum absolute atomic E-state index is 13.0. The summed E-state index contributed by atoms with van der Waals surface area (Å²) < 4.78 is 5.56. The Kier molecular flexibility index (Phi) is 4.89. The lowest BCUT2D eigenvalue weighted by Crippen LogP contribution is -2.49. The summed E-state index contributed by atoms with van der Waals surface area (Å²) in [7, 11) is 0. The highest BCUT2D eigenvalue weighted by atomic mass is 16.5. The van der Waals surface area contributed by atoms with Gasteiger partial charge in [0.2, 0.25) is 5.91 Å².